The molecule has 6 nitrogen and oxygen atoms in total. The van der Waals surface area contributed by atoms with Gasteiger partial charge in [-0.3, -0.25) is 4.90 Å². The Hall–Kier alpha value is -2.18. The van der Waals surface area contributed by atoms with Gasteiger partial charge in [0.1, 0.15) is 22.7 Å². The molecule has 4 rings (SSSR count). The molecule has 36 heavy (non-hydrogen) atoms. The molecular formula is C28H37FN4O2S. The van der Waals surface area contributed by atoms with Gasteiger partial charge in [-0.25, -0.2) is 9.37 Å². The number of ether oxygens (including phenoxy) is 2. The van der Waals surface area contributed by atoms with Crippen LogP contribution in [0, 0.1) is 17.1 Å². The molecule has 1 saturated heterocycles. The van der Waals surface area contributed by atoms with E-state index in [2.05, 4.69) is 43.6 Å². The lowest BCUT2D eigenvalue weighted by atomic mass is 9.89. The zero-order chi connectivity index (χ0) is 25.9. The number of benzene rings is 1. The second kappa shape index (κ2) is 11.5. The number of piperazine rings is 1. The van der Waals surface area contributed by atoms with Gasteiger partial charge in [0.15, 0.2) is 0 Å². The quantitative estimate of drug-likeness (QED) is 0.470. The van der Waals surface area contributed by atoms with Crippen LogP contribution in [0.15, 0.2) is 29.3 Å². The maximum atomic E-state index is 13.3. The van der Waals surface area contributed by atoms with E-state index in [-0.39, 0.29) is 11.4 Å². The van der Waals surface area contributed by atoms with E-state index in [0.717, 1.165) is 65.9 Å². The van der Waals surface area contributed by atoms with Gasteiger partial charge in [-0.1, -0.05) is 12.1 Å². The molecule has 0 radical (unpaired) electrons. The SMILES string of the molecule is COCCN1C(C)CN(c2nc(SCCc3ccc(F)cc3)c(C#N)c3c2COC(C)(C)C3)CC1C. The van der Waals surface area contributed by atoms with Crippen molar-refractivity contribution in [2.45, 2.75) is 69.9 Å². The molecule has 1 fully saturated rings. The summed E-state index contributed by atoms with van der Waals surface area (Å²) in [7, 11) is 1.75. The number of aryl methyl sites for hydroxylation is 1. The van der Waals surface area contributed by atoms with Gasteiger partial charge in [-0.15, -0.1) is 11.8 Å². The molecular weight excluding hydrogens is 475 g/mol. The Balaban J connectivity index is 1.63. The molecule has 0 spiro atoms. The Morgan fingerprint density at radius 1 is 1.19 bits per heavy atom. The van der Waals surface area contributed by atoms with Gasteiger partial charge in [0, 0.05) is 56.6 Å². The molecule has 8 heteroatoms. The average Bonchev–Trinajstić information content (AvgIpc) is 2.83. The first-order valence-corrected chi connectivity index (χ1v) is 13.7. The van der Waals surface area contributed by atoms with Crippen molar-refractivity contribution in [3.8, 4) is 6.07 Å². The van der Waals surface area contributed by atoms with E-state index in [1.165, 1.54) is 12.1 Å². The van der Waals surface area contributed by atoms with Gasteiger partial charge in [0.25, 0.3) is 0 Å². The van der Waals surface area contributed by atoms with Gasteiger partial charge in [-0.2, -0.15) is 5.26 Å². The smallest absolute Gasteiger partial charge is 0.135 e. The zero-order valence-corrected chi connectivity index (χ0v) is 22.8. The van der Waals surface area contributed by atoms with Crippen LogP contribution in [0.5, 0.6) is 0 Å². The number of thioether (sulfide) groups is 1. The number of pyridine rings is 1. The molecule has 2 aromatic rings. The van der Waals surface area contributed by atoms with Crippen LogP contribution in [-0.2, 0) is 28.9 Å². The molecule has 0 bridgehead atoms. The number of aromatic nitrogens is 1. The fourth-order valence-corrected chi connectivity index (χ4v) is 6.29. The second-order valence-corrected chi connectivity index (χ2v) is 11.6. The van der Waals surface area contributed by atoms with Gasteiger partial charge < -0.3 is 14.4 Å². The third-order valence-corrected chi connectivity index (χ3v) is 8.15. The highest BCUT2D eigenvalue weighted by Gasteiger charge is 2.36. The summed E-state index contributed by atoms with van der Waals surface area (Å²) in [5, 5.41) is 11.0. The van der Waals surface area contributed by atoms with E-state index >= 15 is 0 Å². The van der Waals surface area contributed by atoms with Crippen LogP contribution in [0.2, 0.25) is 0 Å². The van der Waals surface area contributed by atoms with Crippen LogP contribution in [0.3, 0.4) is 0 Å². The minimum Gasteiger partial charge on any atom is -0.383 e. The van der Waals surface area contributed by atoms with Gasteiger partial charge in [0.05, 0.1) is 24.4 Å². The van der Waals surface area contributed by atoms with Crippen LogP contribution >= 0.6 is 11.8 Å². The first kappa shape index (κ1) is 26.9. The Bertz CT molecular complexity index is 1090. The van der Waals surface area contributed by atoms with Crippen molar-refractivity contribution >= 4 is 17.6 Å². The van der Waals surface area contributed by atoms with Crippen LogP contribution in [0.4, 0.5) is 10.2 Å². The second-order valence-electron chi connectivity index (χ2n) is 10.5. The predicted molar refractivity (Wildman–Crippen MR) is 142 cm³/mol. The van der Waals surface area contributed by atoms with Crippen molar-refractivity contribution in [2.75, 3.05) is 44.0 Å². The largest absolute Gasteiger partial charge is 0.383 e. The third kappa shape index (κ3) is 6.03. The standard InChI is InChI=1S/C28H37FN4O2S/c1-19-16-32(17-20(2)33(19)11-12-34-5)26-25-18-35-28(3,4)14-23(25)24(15-30)27(31-26)36-13-10-21-6-8-22(29)9-7-21/h6-9,19-20H,10-14,16-18H2,1-5H3. The number of hydrogen-bond acceptors (Lipinski definition) is 7. The minimum atomic E-state index is -0.327. The summed E-state index contributed by atoms with van der Waals surface area (Å²) < 4.78 is 24.8. The molecule has 3 heterocycles. The summed E-state index contributed by atoms with van der Waals surface area (Å²) in [6, 6.07) is 9.80. The third-order valence-electron chi connectivity index (χ3n) is 7.18. The Kier molecular flexibility index (Phi) is 8.56. The van der Waals surface area contributed by atoms with Gasteiger partial charge >= 0.3 is 0 Å². The number of rotatable bonds is 8. The average molecular weight is 513 g/mol. The number of anilines is 1. The molecule has 0 saturated carbocycles. The molecule has 0 aliphatic carbocycles. The minimum absolute atomic E-state index is 0.227. The summed E-state index contributed by atoms with van der Waals surface area (Å²) in [6.45, 7) is 12.5. The lowest BCUT2D eigenvalue weighted by molar-refractivity contribution is -0.0403. The van der Waals surface area contributed by atoms with E-state index in [0.29, 0.717) is 30.7 Å². The normalized spacial score (nSPS) is 21.8. The fraction of sp³-hybridized carbons (Fsp3) is 0.571. The number of methoxy groups -OCH3 is 1. The van der Waals surface area contributed by atoms with Crippen molar-refractivity contribution in [3.63, 3.8) is 0 Å². The van der Waals surface area contributed by atoms with Crippen LogP contribution < -0.4 is 4.90 Å². The van der Waals surface area contributed by atoms with Crippen molar-refractivity contribution in [1.82, 2.24) is 9.88 Å². The van der Waals surface area contributed by atoms with Crippen LogP contribution in [-0.4, -0.2) is 66.7 Å². The molecule has 0 N–H and O–H groups in total. The van der Waals surface area contributed by atoms with E-state index in [4.69, 9.17) is 14.5 Å². The van der Waals surface area contributed by atoms with Crippen molar-refractivity contribution in [3.05, 3.63) is 52.3 Å². The Labute approximate surface area is 218 Å². The van der Waals surface area contributed by atoms with Gasteiger partial charge in [0.2, 0.25) is 0 Å². The highest BCUT2D eigenvalue weighted by Crippen LogP contribution is 2.39. The maximum absolute atomic E-state index is 13.3. The molecule has 1 aromatic heterocycles. The number of nitriles is 1. The van der Waals surface area contributed by atoms with Crippen LogP contribution in [0.25, 0.3) is 0 Å². The monoisotopic (exact) mass is 512 g/mol. The Morgan fingerprint density at radius 3 is 2.53 bits per heavy atom. The Morgan fingerprint density at radius 2 is 1.89 bits per heavy atom. The van der Waals surface area contributed by atoms with E-state index in [1.807, 2.05) is 12.1 Å². The molecule has 2 unspecified atom stereocenters. The molecule has 2 aliphatic heterocycles. The summed E-state index contributed by atoms with van der Waals surface area (Å²) in [5.74, 6) is 1.49. The summed E-state index contributed by atoms with van der Waals surface area (Å²) in [6.07, 6.45) is 1.47. The molecule has 2 aliphatic rings. The summed E-state index contributed by atoms with van der Waals surface area (Å²) in [5.41, 5.74) is 3.55. The first-order chi connectivity index (χ1) is 17.2. The van der Waals surface area contributed by atoms with E-state index in [1.54, 1.807) is 18.9 Å². The molecule has 2 atom stereocenters. The topological polar surface area (TPSA) is 61.6 Å². The van der Waals surface area contributed by atoms with Crippen LogP contribution in [0.1, 0.15) is 49.9 Å². The van der Waals surface area contributed by atoms with Gasteiger partial charge in [-0.05, 0) is 57.4 Å². The van der Waals surface area contributed by atoms with E-state index in [9.17, 15) is 9.65 Å². The number of nitrogens with zero attached hydrogens (tertiary/aromatic N) is 4. The summed E-state index contributed by atoms with van der Waals surface area (Å²) in [4.78, 5) is 9.99. The maximum Gasteiger partial charge on any atom is 0.135 e. The van der Waals surface area contributed by atoms with Crippen molar-refractivity contribution < 1.29 is 13.9 Å². The highest BCUT2D eigenvalue weighted by atomic mass is 32.2. The highest BCUT2D eigenvalue weighted by molar-refractivity contribution is 7.99. The molecule has 1 aromatic carbocycles. The molecule has 0 amide bonds. The lowest BCUT2D eigenvalue weighted by Crippen LogP contribution is -2.58. The van der Waals surface area contributed by atoms with Crippen molar-refractivity contribution in [1.29, 1.82) is 5.26 Å². The lowest BCUT2D eigenvalue weighted by Gasteiger charge is -2.46. The number of halogens is 1. The number of hydrogen-bond donors (Lipinski definition) is 0. The molecule has 194 valence electrons. The fourth-order valence-electron chi connectivity index (χ4n) is 5.29. The summed E-state index contributed by atoms with van der Waals surface area (Å²) >= 11 is 1.61. The van der Waals surface area contributed by atoms with E-state index < -0.39 is 0 Å². The predicted octanol–water partition coefficient (Wildman–Crippen LogP) is 4.82. The first-order valence-electron chi connectivity index (χ1n) is 12.7. The number of fused-ring (bicyclic) bond motifs is 1. The van der Waals surface area contributed by atoms with Crippen molar-refractivity contribution in [2.24, 2.45) is 0 Å². The zero-order valence-electron chi connectivity index (χ0n) is 22.0.